The molecule has 0 aromatic heterocycles. The highest BCUT2D eigenvalue weighted by Crippen LogP contribution is 2.12. The Hall–Kier alpha value is -0.890. The summed E-state index contributed by atoms with van der Waals surface area (Å²) < 4.78 is 12.6. The van der Waals surface area contributed by atoms with Gasteiger partial charge in [-0.3, -0.25) is 0 Å². The maximum atomic E-state index is 12.6. The largest absolute Gasteiger partial charge is 0.310 e. The van der Waals surface area contributed by atoms with Crippen molar-refractivity contribution in [2.24, 2.45) is 0 Å². The van der Waals surface area contributed by atoms with Gasteiger partial charge in [0, 0.05) is 6.04 Å². The van der Waals surface area contributed by atoms with Crippen LogP contribution >= 0.6 is 0 Å². The van der Waals surface area contributed by atoms with E-state index in [0.717, 1.165) is 12.1 Å². The van der Waals surface area contributed by atoms with Crippen molar-refractivity contribution in [1.29, 1.82) is 0 Å². The van der Waals surface area contributed by atoms with Crippen molar-refractivity contribution in [3.05, 3.63) is 35.6 Å². The summed E-state index contributed by atoms with van der Waals surface area (Å²) in [5.74, 6) is -0.172. The summed E-state index contributed by atoms with van der Waals surface area (Å²) in [4.78, 5) is 0. The first kappa shape index (κ1) is 11.2. The molecule has 1 rings (SSSR count). The van der Waals surface area contributed by atoms with Crippen molar-refractivity contribution in [3.63, 3.8) is 0 Å². The minimum Gasteiger partial charge on any atom is -0.310 e. The van der Waals surface area contributed by atoms with Crippen LogP contribution in [0.2, 0.25) is 0 Å². The average Bonchev–Trinajstić information content (AvgIpc) is 2.19. The summed E-state index contributed by atoms with van der Waals surface area (Å²) in [7, 11) is 0. The molecule has 0 aliphatic heterocycles. The lowest BCUT2D eigenvalue weighted by molar-refractivity contribution is 0.552. The molecule has 0 saturated heterocycles. The normalized spacial score (nSPS) is 12.8. The minimum absolute atomic E-state index is 0.172. The van der Waals surface area contributed by atoms with Gasteiger partial charge in [-0.1, -0.05) is 25.5 Å². The maximum absolute atomic E-state index is 12.6. The molecule has 78 valence electrons. The van der Waals surface area contributed by atoms with E-state index < -0.39 is 0 Å². The van der Waals surface area contributed by atoms with E-state index in [0.29, 0.717) is 6.04 Å². The van der Waals surface area contributed by atoms with Gasteiger partial charge in [-0.25, -0.2) is 4.39 Å². The van der Waals surface area contributed by atoms with Crippen LogP contribution in [0.4, 0.5) is 4.39 Å². The zero-order valence-electron chi connectivity index (χ0n) is 8.89. The zero-order chi connectivity index (χ0) is 10.4. The van der Waals surface area contributed by atoms with Crippen molar-refractivity contribution in [1.82, 2.24) is 5.32 Å². The molecule has 1 nitrogen and oxygen atoms in total. The van der Waals surface area contributed by atoms with Crippen LogP contribution in [0.5, 0.6) is 0 Å². The molecule has 0 saturated carbocycles. The highest BCUT2D eigenvalue weighted by atomic mass is 19.1. The minimum atomic E-state index is -0.172. The van der Waals surface area contributed by atoms with E-state index in [-0.39, 0.29) is 5.82 Å². The van der Waals surface area contributed by atoms with E-state index in [2.05, 4.69) is 19.2 Å². The molecule has 1 atom stereocenters. The predicted octanol–water partition coefficient (Wildman–Crippen LogP) is 3.28. The molecule has 1 aromatic rings. The summed E-state index contributed by atoms with van der Waals surface area (Å²) in [5, 5.41) is 3.40. The van der Waals surface area contributed by atoms with Gasteiger partial charge in [0.15, 0.2) is 0 Å². The third kappa shape index (κ3) is 3.46. The summed E-state index contributed by atoms with van der Waals surface area (Å²) in [6, 6.07) is 6.99. The van der Waals surface area contributed by atoms with Gasteiger partial charge in [-0.2, -0.15) is 0 Å². The number of benzene rings is 1. The smallest absolute Gasteiger partial charge is 0.123 e. The van der Waals surface area contributed by atoms with Crippen LogP contribution in [0, 0.1) is 5.82 Å². The first-order chi connectivity index (χ1) is 6.74. The Bertz CT molecular complexity index is 256. The standard InChI is InChI=1S/C12H18FN/c1-3-4-9-14-10(2)11-5-7-12(13)8-6-11/h5-8,10,14H,3-4,9H2,1-2H3/t10-/m0/s1. The van der Waals surface area contributed by atoms with Crippen molar-refractivity contribution in [2.45, 2.75) is 32.7 Å². The predicted molar refractivity (Wildman–Crippen MR) is 57.7 cm³/mol. The second-order valence-electron chi connectivity index (χ2n) is 3.58. The molecule has 1 aromatic carbocycles. The van der Waals surface area contributed by atoms with E-state index in [1.165, 1.54) is 25.0 Å². The topological polar surface area (TPSA) is 12.0 Å². The SMILES string of the molecule is CCCCN[C@@H](C)c1ccc(F)cc1. The lowest BCUT2D eigenvalue weighted by Gasteiger charge is -2.13. The molecule has 1 N–H and O–H groups in total. The molecule has 0 bridgehead atoms. The van der Waals surface area contributed by atoms with Crippen LogP contribution in [-0.4, -0.2) is 6.54 Å². The number of unbranched alkanes of at least 4 members (excludes halogenated alkanes) is 1. The van der Waals surface area contributed by atoms with Crippen LogP contribution in [0.15, 0.2) is 24.3 Å². The van der Waals surface area contributed by atoms with Gasteiger partial charge >= 0.3 is 0 Å². The Labute approximate surface area is 85.3 Å². The number of hydrogen-bond donors (Lipinski definition) is 1. The molecule has 0 aliphatic carbocycles. The Kier molecular flexibility index (Phi) is 4.60. The molecule has 0 radical (unpaired) electrons. The highest BCUT2D eigenvalue weighted by molar-refractivity contribution is 5.19. The van der Waals surface area contributed by atoms with Crippen LogP contribution in [0.25, 0.3) is 0 Å². The van der Waals surface area contributed by atoms with Gasteiger partial charge in [-0.05, 0) is 37.6 Å². The third-order valence-electron chi connectivity index (χ3n) is 2.35. The van der Waals surface area contributed by atoms with Crippen LogP contribution in [0.3, 0.4) is 0 Å². The number of rotatable bonds is 5. The molecule has 14 heavy (non-hydrogen) atoms. The molecular weight excluding hydrogens is 177 g/mol. The fraction of sp³-hybridized carbons (Fsp3) is 0.500. The van der Waals surface area contributed by atoms with Gasteiger partial charge in [0.1, 0.15) is 5.82 Å². The lowest BCUT2D eigenvalue weighted by Crippen LogP contribution is -2.19. The zero-order valence-corrected chi connectivity index (χ0v) is 8.89. The monoisotopic (exact) mass is 195 g/mol. The van der Waals surface area contributed by atoms with Crippen molar-refractivity contribution in [3.8, 4) is 0 Å². The summed E-state index contributed by atoms with van der Waals surface area (Å²) in [6.07, 6.45) is 2.38. The first-order valence-electron chi connectivity index (χ1n) is 5.23. The second-order valence-corrected chi connectivity index (χ2v) is 3.58. The molecular formula is C12H18FN. The summed E-state index contributed by atoms with van der Waals surface area (Å²) >= 11 is 0. The third-order valence-corrected chi connectivity index (χ3v) is 2.35. The van der Waals surface area contributed by atoms with Gasteiger partial charge in [0.05, 0.1) is 0 Å². The molecule has 0 unspecified atom stereocenters. The number of hydrogen-bond acceptors (Lipinski definition) is 1. The van der Waals surface area contributed by atoms with Gasteiger partial charge in [-0.15, -0.1) is 0 Å². The quantitative estimate of drug-likeness (QED) is 0.711. The molecule has 2 heteroatoms. The Morgan fingerprint density at radius 1 is 1.29 bits per heavy atom. The van der Waals surface area contributed by atoms with Gasteiger partial charge < -0.3 is 5.32 Å². The molecule has 0 amide bonds. The molecule has 0 fully saturated rings. The van der Waals surface area contributed by atoms with Crippen molar-refractivity contribution >= 4 is 0 Å². The highest BCUT2D eigenvalue weighted by Gasteiger charge is 2.03. The van der Waals surface area contributed by atoms with Crippen LogP contribution in [0.1, 0.15) is 38.3 Å². The van der Waals surface area contributed by atoms with Gasteiger partial charge in [0.2, 0.25) is 0 Å². The van der Waals surface area contributed by atoms with E-state index in [9.17, 15) is 4.39 Å². The fourth-order valence-electron chi connectivity index (χ4n) is 1.36. The Morgan fingerprint density at radius 2 is 1.93 bits per heavy atom. The van der Waals surface area contributed by atoms with Crippen molar-refractivity contribution in [2.75, 3.05) is 6.54 Å². The van der Waals surface area contributed by atoms with Gasteiger partial charge in [0.25, 0.3) is 0 Å². The molecule has 0 spiro atoms. The maximum Gasteiger partial charge on any atom is 0.123 e. The van der Waals surface area contributed by atoms with Crippen molar-refractivity contribution < 1.29 is 4.39 Å². The number of halogens is 1. The first-order valence-corrected chi connectivity index (χ1v) is 5.23. The van der Waals surface area contributed by atoms with Crippen LogP contribution in [-0.2, 0) is 0 Å². The Morgan fingerprint density at radius 3 is 2.50 bits per heavy atom. The molecule has 0 heterocycles. The van der Waals surface area contributed by atoms with E-state index in [1.807, 2.05) is 12.1 Å². The average molecular weight is 195 g/mol. The molecule has 0 aliphatic rings. The Balaban J connectivity index is 2.43. The second kappa shape index (κ2) is 5.76. The summed E-state index contributed by atoms with van der Waals surface area (Å²) in [5.41, 5.74) is 1.14. The summed E-state index contributed by atoms with van der Waals surface area (Å²) in [6.45, 7) is 5.29. The van der Waals surface area contributed by atoms with Crippen LogP contribution < -0.4 is 5.32 Å². The van der Waals surface area contributed by atoms with E-state index in [1.54, 1.807) is 0 Å². The van der Waals surface area contributed by atoms with E-state index >= 15 is 0 Å². The fourth-order valence-corrected chi connectivity index (χ4v) is 1.36. The van der Waals surface area contributed by atoms with E-state index in [4.69, 9.17) is 0 Å². The number of nitrogens with one attached hydrogen (secondary N) is 1. The lowest BCUT2D eigenvalue weighted by atomic mass is 10.1.